The van der Waals surface area contributed by atoms with Crippen LogP contribution in [0.3, 0.4) is 0 Å². The average molecular weight is 378 g/mol. The van der Waals surface area contributed by atoms with Crippen molar-refractivity contribution in [3.8, 4) is 5.75 Å². The van der Waals surface area contributed by atoms with Gasteiger partial charge in [0.05, 0.1) is 19.8 Å². The van der Waals surface area contributed by atoms with Crippen molar-refractivity contribution < 1.29 is 14.3 Å². The Balaban J connectivity index is 1.62. The van der Waals surface area contributed by atoms with E-state index in [9.17, 15) is 4.79 Å². The highest BCUT2D eigenvalue weighted by atomic mass is 16.5. The molecule has 1 aliphatic heterocycles. The van der Waals surface area contributed by atoms with E-state index < -0.39 is 0 Å². The molecule has 0 radical (unpaired) electrons. The van der Waals surface area contributed by atoms with E-state index in [0.717, 1.165) is 17.9 Å². The van der Waals surface area contributed by atoms with Gasteiger partial charge in [-0.2, -0.15) is 0 Å². The predicted octanol–water partition coefficient (Wildman–Crippen LogP) is 3.90. The molecule has 5 nitrogen and oxygen atoms in total. The van der Waals surface area contributed by atoms with Crippen molar-refractivity contribution >= 4 is 11.6 Å². The molecule has 3 atom stereocenters. The summed E-state index contributed by atoms with van der Waals surface area (Å²) >= 11 is 0. The van der Waals surface area contributed by atoms with E-state index in [1.165, 1.54) is 11.1 Å². The Morgan fingerprint density at radius 1 is 1.21 bits per heavy atom. The molecule has 4 rings (SSSR count). The third-order valence-electron chi connectivity index (χ3n) is 5.67. The summed E-state index contributed by atoms with van der Waals surface area (Å²) in [6, 6.07) is 14.4. The molecule has 1 aliphatic carbocycles. The monoisotopic (exact) mass is 378 g/mol. The van der Waals surface area contributed by atoms with Crippen LogP contribution in [0.4, 0.5) is 5.69 Å². The topological polar surface area (TPSA) is 59.6 Å². The van der Waals surface area contributed by atoms with Gasteiger partial charge in [-0.1, -0.05) is 24.3 Å². The van der Waals surface area contributed by atoms with Gasteiger partial charge in [-0.05, 0) is 53.8 Å². The van der Waals surface area contributed by atoms with Gasteiger partial charge in [-0.3, -0.25) is 4.79 Å². The van der Waals surface area contributed by atoms with Crippen molar-refractivity contribution in [1.82, 2.24) is 5.32 Å². The van der Waals surface area contributed by atoms with Crippen LogP contribution >= 0.6 is 0 Å². The van der Waals surface area contributed by atoms with E-state index in [1.54, 1.807) is 14.2 Å². The predicted molar refractivity (Wildman–Crippen MR) is 110 cm³/mol. The second-order valence-corrected chi connectivity index (χ2v) is 7.30. The van der Waals surface area contributed by atoms with Crippen LogP contribution in [0.1, 0.15) is 39.9 Å². The van der Waals surface area contributed by atoms with Crippen LogP contribution in [0.15, 0.2) is 54.6 Å². The van der Waals surface area contributed by atoms with Gasteiger partial charge in [0.1, 0.15) is 5.75 Å². The maximum Gasteiger partial charge on any atom is 0.251 e. The minimum atomic E-state index is -0.0618. The highest BCUT2D eigenvalue weighted by Gasteiger charge is 2.38. The normalized spacial score (nSPS) is 22.1. The lowest BCUT2D eigenvalue weighted by molar-refractivity contribution is 0.0937. The molecule has 0 aromatic heterocycles. The van der Waals surface area contributed by atoms with E-state index >= 15 is 0 Å². The summed E-state index contributed by atoms with van der Waals surface area (Å²) in [7, 11) is 3.32. The van der Waals surface area contributed by atoms with Crippen LogP contribution in [0.2, 0.25) is 0 Å². The van der Waals surface area contributed by atoms with Crippen LogP contribution < -0.4 is 15.4 Å². The van der Waals surface area contributed by atoms with E-state index in [4.69, 9.17) is 9.47 Å². The zero-order chi connectivity index (χ0) is 19.5. The molecule has 2 N–H and O–H groups in total. The number of amides is 1. The van der Waals surface area contributed by atoms with Crippen LogP contribution in [0.25, 0.3) is 0 Å². The molecular weight excluding hydrogens is 352 g/mol. The molecule has 0 saturated carbocycles. The van der Waals surface area contributed by atoms with Gasteiger partial charge >= 0.3 is 0 Å². The maximum absolute atomic E-state index is 12.4. The number of benzene rings is 2. The molecule has 1 amide bonds. The summed E-state index contributed by atoms with van der Waals surface area (Å²) in [5.74, 6) is 1.54. The molecule has 5 heteroatoms. The summed E-state index contributed by atoms with van der Waals surface area (Å²) in [6.45, 7) is 1.02. The van der Waals surface area contributed by atoms with Crippen molar-refractivity contribution in [2.75, 3.05) is 32.7 Å². The molecule has 2 aliphatic rings. The summed E-state index contributed by atoms with van der Waals surface area (Å²) in [4.78, 5) is 12.4. The zero-order valence-electron chi connectivity index (χ0n) is 16.3. The molecule has 0 spiro atoms. The molecule has 146 valence electrons. The number of rotatable bonds is 6. The quantitative estimate of drug-likeness (QED) is 0.591. The van der Waals surface area contributed by atoms with E-state index in [1.807, 2.05) is 30.3 Å². The van der Waals surface area contributed by atoms with Gasteiger partial charge in [-0.25, -0.2) is 0 Å². The molecule has 2 aromatic rings. The highest BCUT2D eigenvalue weighted by Crippen LogP contribution is 2.50. The molecule has 2 aromatic carbocycles. The molecule has 0 bridgehead atoms. The Kier molecular flexibility index (Phi) is 5.35. The number of nitrogens with one attached hydrogen (secondary N) is 2. The van der Waals surface area contributed by atoms with Crippen molar-refractivity contribution in [3.63, 3.8) is 0 Å². The van der Waals surface area contributed by atoms with Gasteiger partial charge in [0.15, 0.2) is 0 Å². The van der Waals surface area contributed by atoms with Gasteiger partial charge in [0.2, 0.25) is 0 Å². The van der Waals surface area contributed by atoms with E-state index in [-0.39, 0.29) is 11.9 Å². The number of hydrogen-bond acceptors (Lipinski definition) is 4. The molecule has 0 fully saturated rings. The first-order chi connectivity index (χ1) is 13.7. The Hall–Kier alpha value is -2.79. The lowest BCUT2D eigenvalue weighted by Crippen LogP contribution is -2.30. The Bertz CT molecular complexity index is 893. The number of anilines is 1. The average Bonchev–Trinajstić information content (AvgIpc) is 3.23. The van der Waals surface area contributed by atoms with E-state index in [0.29, 0.717) is 30.6 Å². The zero-order valence-corrected chi connectivity index (χ0v) is 16.3. The SMILES string of the molecule is COCCNC(=O)c1ccc2c(c1)C1C=CCC1C(c1cccc(OC)c1)N2. The number of carbonyl (C=O) groups excluding carboxylic acids is 1. The third-order valence-corrected chi connectivity index (χ3v) is 5.67. The third kappa shape index (κ3) is 3.50. The minimum Gasteiger partial charge on any atom is -0.497 e. The lowest BCUT2D eigenvalue weighted by Gasteiger charge is -2.37. The number of hydrogen-bond donors (Lipinski definition) is 2. The molecule has 28 heavy (non-hydrogen) atoms. The summed E-state index contributed by atoms with van der Waals surface area (Å²) in [5.41, 5.74) is 4.20. The number of methoxy groups -OCH3 is 2. The fourth-order valence-electron chi connectivity index (χ4n) is 4.27. The Morgan fingerprint density at radius 2 is 2.11 bits per heavy atom. The molecule has 1 heterocycles. The summed E-state index contributed by atoms with van der Waals surface area (Å²) < 4.78 is 10.4. The first kappa shape index (κ1) is 18.6. The van der Waals surface area contributed by atoms with E-state index in [2.05, 4.69) is 34.9 Å². The molecule has 0 saturated heterocycles. The fraction of sp³-hybridized carbons (Fsp3) is 0.348. The number of allylic oxidation sites excluding steroid dienone is 2. The number of fused-ring (bicyclic) bond motifs is 3. The van der Waals surface area contributed by atoms with Crippen molar-refractivity contribution in [2.24, 2.45) is 5.92 Å². The highest BCUT2D eigenvalue weighted by molar-refractivity contribution is 5.95. The van der Waals surface area contributed by atoms with Crippen molar-refractivity contribution in [2.45, 2.75) is 18.4 Å². The van der Waals surface area contributed by atoms with Crippen LogP contribution in [0.5, 0.6) is 5.75 Å². The van der Waals surface area contributed by atoms with Crippen LogP contribution in [-0.4, -0.2) is 33.3 Å². The van der Waals surface area contributed by atoms with Crippen LogP contribution in [0, 0.1) is 5.92 Å². The smallest absolute Gasteiger partial charge is 0.251 e. The lowest BCUT2D eigenvalue weighted by atomic mass is 9.76. The first-order valence-electron chi connectivity index (χ1n) is 9.69. The second kappa shape index (κ2) is 8.07. The fourth-order valence-corrected chi connectivity index (χ4v) is 4.27. The first-order valence-corrected chi connectivity index (χ1v) is 9.69. The van der Waals surface area contributed by atoms with Gasteiger partial charge in [-0.15, -0.1) is 0 Å². The minimum absolute atomic E-state index is 0.0618. The standard InChI is InChI=1S/C23H26N2O3/c1-27-12-11-24-23(26)16-9-10-21-20(14-16)18-7-4-8-19(18)22(25-21)15-5-3-6-17(13-15)28-2/h3-7,9-10,13-14,18-19,22,25H,8,11-12H2,1-2H3,(H,24,26). The van der Waals surface area contributed by atoms with Gasteiger partial charge in [0.25, 0.3) is 5.91 Å². The van der Waals surface area contributed by atoms with Crippen molar-refractivity contribution in [3.05, 3.63) is 71.3 Å². The summed E-state index contributed by atoms with van der Waals surface area (Å²) in [5, 5.41) is 6.60. The largest absolute Gasteiger partial charge is 0.497 e. The maximum atomic E-state index is 12.4. The number of ether oxygens (including phenoxy) is 2. The Morgan fingerprint density at radius 3 is 2.93 bits per heavy atom. The molecule has 3 unspecified atom stereocenters. The summed E-state index contributed by atoms with van der Waals surface area (Å²) in [6.07, 6.45) is 5.55. The number of carbonyl (C=O) groups is 1. The van der Waals surface area contributed by atoms with Gasteiger partial charge < -0.3 is 20.1 Å². The molecular formula is C23H26N2O3. The van der Waals surface area contributed by atoms with Crippen molar-refractivity contribution in [1.29, 1.82) is 0 Å². The van der Waals surface area contributed by atoms with Crippen LogP contribution in [-0.2, 0) is 4.74 Å². The second-order valence-electron chi connectivity index (χ2n) is 7.30. The Labute approximate surface area is 165 Å². The van der Waals surface area contributed by atoms with Gasteiger partial charge in [0, 0.05) is 30.8 Å².